The van der Waals surface area contributed by atoms with E-state index in [1.807, 2.05) is 0 Å². The molecule has 0 spiro atoms. The standard InChI is InChI=1S/C14H17ClN2O3/c1-14(2)12(9-5-6-20-13(9)14)16-11-4-3-8(17(18)19)7-10(11)15/h3-4,7,9,12-13,16H,5-6H2,1-2H3. The van der Waals surface area contributed by atoms with Crippen molar-refractivity contribution in [2.45, 2.75) is 32.4 Å². The lowest BCUT2D eigenvalue weighted by Crippen LogP contribution is -2.63. The van der Waals surface area contributed by atoms with Crippen LogP contribution >= 0.6 is 11.6 Å². The van der Waals surface area contributed by atoms with Crippen LogP contribution in [0.3, 0.4) is 0 Å². The van der Waals surface area contributed by atoms with Crippen molar-refractivity contribution in [1.29, 1.82) is 0 Å². The Bertz CT molecular complexity index is 561. The van der Waals surface area contributed by atoms with Crippen LogP contribution in [0.4, 0.5) is 11.4 Å². The minimum atomic E-state index is -0.441. The molecular formula is C14H17ClN2O3. The molecule has 3 unspecified atom stereocenters. The lowest BCUT2D eigenvalue weighted by Gasteiger charge is -2.55. The van der Waals surface area contributed by atoms with Crippen molar-refractivity contribution in [3.05, 3.63) is 33.3 Å². The van der Waals surface area contributed by atoms with Gasteiger partial charge < -0.3 is 10.1 Å². The average molecular weight is 297 g/mol. The second kappa shape index (κ2) is 4.60. The van der Waals surface area contributed by atoms with Gasteiger partial charge in [0, 0.05) is 36.1 Å². The molecule has 1 saturated carbocycles. The highest BCUT2D eigenvalue weighted by molar-refractivity contribution is 6.33. The monoisotopic (exact) mass is 296 g/mol. The maximum atomic E-state index is 10.7. The minimum Gasteiger partial charge on any atom is -0.380 e. The number of non-ortho nitro benzene ring substituents is 1. The Kier molecular flexibility index (Phi) is 3.14. The molecule has 1 aliphatic carbocycles. The summed E-state index contributed by atoms with van der Waals surface area (Å²) in [7, 11) is 0. The molecule has 1 aromatic rings. The zero-order valence-electron chi connectivity index (χ0n) is 11.4. The number of fused-ring (bicyclic) bond motifs is 1. The van der Waals surface area contributed by atoms with E-state index < -0.39 is 4.92 Å². The zero-order chi connectivity index (χ0) is 14.5. The topological polar surface area (TPSA) is 64.4 Å². The van der Waals surface area contributed by atoms with Crippen LogP contribution in [0.5, 0.6) is 0 Å². The summed E-state index contributed by atoms with van der Waals surface area (Å²) in [6.45, 7) is 5.16. The molecule has 2 aliphatic rings. The number of ether oxygens (including phenoxy) is 1. The van der Waals surface area contributed by atoms with Crippen LogP contribution < -0.4 is 5.32 Å². The molecule has 0 radical (unpaired) electrons. The highest BCUT2D eigenvalue weighted by Gasteiger charge is 2.59. The number of nitrogens with zero attached hydrogens (tertiary/aromatic N) is 1. The van der Waals surface area contributed by atoms with Crippen LogP contribution in [-0.4, -0.2) is 23.7 Å². The van der Waals surface area contributed by atoms with Crippen LogP contribution in [0.1, 0.15) is 20.3 Å². The van der Waals surface area contributed by atoms with Crippen molar-refractivity contribution in [3.63, 3.8) is 0 Å². The summed E-state index contributed by atoms with van der Waals surface area (Å²) in [4.78, 5) is 10.3. The number of nitro groups is 1. The molecule has 0 bridgehead atoms. The maximum absolute atomic E-state index is 10.7. The van der Waals surface area contributed by atoms with E-state index in [9.17, 15) is 10.1 Å². The van der Waals surface area contributed by atoms with Gasteiger partial charge in [0.15, 0.2) is 0 Å². The van der Waals surface area contributed by atoms with E-state index in [4.69, 9.17) is 16.3 Å². The van der Waals surface area contributed by atoms with Crippen molar-refractivity contribution in [3.8, 4) is 0 Å². The minimum absolute atomic E-state index is 0.00972. The zero-order valence-corrected chi connectivity index (χ0v) is 12.2. The lowest BCUT2D eigenvalue weighted by molar-refractivity contribution is -0.384. The Hall–Kier alpha value is -1.33. The molecule has 3 rings (SSSR count). The maximum Gasteiger partial charge on any atom is 0.271 e. The van der Waals surface area contributed by atoms with Gasteiger partial charge in [0.05, 0.1) is 21.7 Å². The van der Waals surface area contributed by atoms with E-state index in [1.54, 1.807) is 6.07 Å². The van der Waals surface area contributed by atoms with E-state index in [-0.39, 0.29) is 17.1 Å². The van der Waals surface area contributed by atoms with Crippen molar-refractivity contribution in [2.75, 3.05) is 11.9 Å². The molecule has 20 heavy (non-hydrogen) atoms. The first-order valence-electron chi connectivity index (χ1n) is 6.73. The van der Waals surface area contributed by atoms with Crippen molar-refractivity contribution in [2.24, 2.45) is 11.3 Å². The second-order valence-corrected chi connectivity index (χ2v) is 6.52. The van der Waals surface area contributed by atoms with Gasteiger partial charge in [-0.1, -0.05) is 25.4 Å². The summed E-state index contributed by atoms with van der Waals surface area (Å²) in [6, 6.07) is 4.83. The number of anilines is 1. The normalized spacial score (nSPS) is 30.4. The van der Waals surface area contributed by atoms with Gasteiger partial charge in [-0.05, 0) is 12.5 Å². The largest absolute Gasteiger partial charge is 0.380 e. The van der Waals surface area contributed by atoms with Gasteiger partial charge in [-0.25, -0.2) is 0 Å². The molecule has 0 aromatic heterocycles. The number of hydrogen-bond donors (Lipinski definition) is 1. The molecule has 3 atom stereocenters. The number of benzene rings is 1. The molecular weight excluding hydrogens is 280 g/mol. The molecule has 6 heteroatoms. The van der Waals surface area contributed by atoms with Crippen LogP contribution in [-0.2, 0) is 4.74 Å². The highest BCUT2D eigenvalue weighted by atomic mass is 35.5. The molecule has 0 amide bonds. The van der Waals surface area contributed by atoms with E-state index in [0.29, 0.717) is 17.0 Å². The molecule has 5 nitrogen and oxygen atoms in total. The summed E-state index contributed by atoms with van der Waals surface area (Å²) >= 11 is 6.14. The number of nitro benzene ring substituents is 1. The molecule has 1 aliphatic heterocycles. The predicted molar refractivity (Wildman–Crippen MR) is 77.1 cm³/mol. The molecule has 1 aromatic carbocycles. The Morgan fingerprint density at radius 3 is 2.90 bits per heavy atom. The number of rotatable bonds is 3. The third-order valence-electron chi connectivity index (χ3n) is 4.57. The van der Waals surface area contributed by atoms with E-state index in [0.717, 1.165) is 18.7 Å². The van der Waals surface area contributed by atoms with Crippen LogP contribution in [0.2, 0.25) is 5.02 Å². The van der Waals surface area contributed by atoms with Crippen molar-refractivity contribution >= 4 is 23.0 Å². The SMILES string of the molecule is CC1(C)C(Nc2ccc([N+](=O)[O-])cc2Cl)C2CCOC21. The quantitative estimate of drug-likeness (QED) is 0.685. The van der Waals surface area contributed by atoms with Gasteiger partial charge >= 0.3 is 0 Å². The van der Waals surface area contributed by atoms with Gasteiger partial charge in [0.2, 0.25) is 0 Å². The van der Waals surface area contributed by atoms with E-state index in [1.165, 1.54) is 12.1 Å². The highest BCUT2D eigenvalue weighted by Crippen LogP contribution is 2.53. The van der Waals surface area contributed by atoms with Gasteiger partial charge in [0.1, 0.15) is 0 Å². The summed E-state index contributed by atoms with van der Waals surface area (Å²) in [5.41, 5.74) is 0.808. The molecule has 1 N–H and O–H groups in total. The summed E-state index contributed by atoms with van der Waals surface area (Å²) < 4.78 is 5.75. The number of hydrogen-bond acceptors (Lipinski definition) is 4. The first kappa shape index (κ1) is 13.6. The average Bonchev–Trinajstić information content (AvgIpc) is 2.83. The Balaban J connectivity index is 1.80. The fraction of sp³-hybridized carbons (Fsp3) is 0.571. The summed E-state index contributed by atoms with van der Waals surface area (Å²) in [5, 5.41) is 14.5. The van der Waals surface area contributed by atoms with Gasteiger partial charge in [-0.2, -0.15) is 0 Å². The third-order valence-corrected chi connectivity index (χ3v) is 4.89. The molecule has 1 saturated heterocycles. The molecule has 2 fully saturated rings. The van der Waals surface area contributed by atoms with E-state index >= 15 is 0 Å². The van der Waals surface area contributed by atoms with Crippen LogP contribution in [0.25, 0.3) is 0 Å². The Labute approximate surface area is 122 Å². The van der Waals surface area contributed by atoms with Crippen molar-refractivity contribution in [1.82, 2.24) is 0 Å². The number of nitrogens with one attached hydrogen (secondary N) is 1. The smallest absolute Gasteiger partial charge is 0.271 e. The second-order valence-electron chi connectivity index (χ2n) is 6.11. The fourth-order valence-corrected chi connectivity index (χ4v) is 3.75. The van der Waals surface area contributed by atoms with Crippen LogP contribution in [0.15, 0.2) is 18.2 Å². The van der Waals surface area contributed by atoms with Gasteiger partial charge in [0.25, 0.3) is 5.69 Å². The van der Waals surface area contributed by atoms with Gasteiger partial charge in [-0.3, -0.25) is 10.1 Å². The first-order chi connectivity index (χ1) is 9.41. The molecule has 1 heterocycles. The predicted octanol–water partition coefficient (Wildman–Crippen LogP) is 3.47. The lowest BCUT2D eigenvalue weighted by atomic mass is 9.57. The Morgan fingerprint density at radius 2 is 2.25 bits per heavy atom. The fourth-order valence-electron chi connectivity index (χ4n) is 3.52. The third kappa shape index (κ3) is 1.96. The van der Waals surface area contributed by atoms with Crippen LogP contribution in [0, 0.1) is 21.4 Å². The summed E-state index contributed by atoms with van der Waals surface area (Å²) in [6.07, 6.45) is 1.35. The van der Waals surface area contributed by atoms with E-state index in [2.05, 4.69) is 19.2 Å². The Morgan fingerprint density at radius 1 is 1.50 bits per heavy atom. The van der Waals surface area contributed by atoms with Gasteiger partial charge in [-0.15, -0.1) is 0 Å². The summed E-state index contributed by atoms with van der Waals surface area (Å²) in [5.74, 6) is 0.497. The number of halogens is 1. The molecule has 108 valence electrons. The first-order valence-corrected chi connectivity index (χ1v) is 7.11. The van der Waals surface area contributed by atoms with Crippen molar-refractivity contribution < 1.29 is 9.66 Å².